The maximum atomic E-state index is 12.7. The van der Waals surface area contributed by atoms with E-state index in [9.17, 15) is 19.7 Å². The summed E-state index contributed by atoms with van der Waals surface area (Å²) in [5.41, 5.74) is 6.03. The molecule has 9 heteroatoms. The van der Waals surface area contributed by atoms with Crippen LogP contribution >= 0.6 is 11.6 Å². The van der Waals surface area contributed by atoms with Crippen molar-refractivity contribution in [3.8, 4) is 0 Å². The highest BCUT2D eigenvalue weighted by Gasteiger charge is 2.23. The molecule has 0 saturated heterocycles. The van der Waals surface area contributed by atoms with Gasteiger partial charge in [-0.05, 0) is 24.6 Å². The summed E-state index contributed by atoms with van der Waals surface area (Å²) in [5, 5.41) is 10.7. The van der Waals surface area contributed by atoms with Gasteiger partial charge in [0, 0.05) is 17.7 Å². The number of nitrogens with zero attached hydrogens (tertiary/aromatic N) is 2. The number of halogens is 1. The molecule has 0 aliphatic heterocycles. The number of hydrogen-bond donors (Lipinski definition) is 1. The van der Waals surface area contributed by atoms with Crippen LogP contribution in [0.4, 0.5) is 11.4 Å². The Morgan fingerprint density at radius 2 is 1.96 bits per heavy atom. The average molecular weight is 392 g/mol. The number of ketones is 1. The molecule has 0 bridgehead atoms. The van der Waals surface area contributed by atoms with E-state index in [-0.39, 0.29) is 40.7 Å². The molecule has 0 aliphatic carbocycles. The summed E-state index contributed by atoms with van der Waals surface area (Å²) in [5.74, 6) is -1.26. The predicted molar refractivity (Wildman–Crippen MR) is 99.9 cm³/mol. The fraction of sp³-hybridized carbons (Fsp3) is 0.278. The maximum Gasteiger partial charge on any atom is 0.340 e. The van der Waals surface area contributed by atoms with Crippen LogP contribution in [0, 0.1) is 10.1 Å². The first-order valence-electron chi connectivity index (χ1n) is 8.20. The summed E-state index contributed by atoms with van der Waals surface area (Å²) in [6.45, 7) is 2.19. The number of hydrogen-bond acceptors (Lipinski definition) is 7. The summed E-state index contributed by atoms with van der Waals surface area (Å²) < 4.78 is 5.16. The summed E-state index contributed by atoms with van der Waals surface area (Å²) in [6.07, 6.45) is 1.56. The molecule has 0 spiro atoms. The second-order valence-corrected chi connectivity index (χ2v) is 5.95. The Balaban J connectivity index is 2.40. The number of alkyl halides is 1. The van der Waals surface area contributed by atoms with Crippen LogP contribution in [0.2, 0.25) is 0 Å². The number of rotatable bonds is 8. The van der Waals surface area contributed by atoms with Gasteiger partial charge in [-0.15, -0.1) is 11.6 Å². The molecule has 8 nitrogen and oxygen atoms in total. The standard InChI is InChI=1S/C18H18ClN3O5/c1-2-3-8-27-18(24)14-9-12(10-19)21-16(15(14)20)17(23)11-4-6-13(7-5-11)22(25)26/h4-7,9H,2-3,8,10,20H2,1H3. The van der Waals surface area contributed by atoms with Gasteiger partial charge in [0.15, 0.2) is 0 Å². The number of carbonyl (C=O) groups is 2. The van der Waals surface area contributed by atoms with Crippen molar-refractivity contribution in [1.29, 1.82) is 0 Å². The zero-order valence-electron chi connectivity index (χ0n) is 14.6. The van der Waals surface area contributed by atoms with Crippen molar-refractivity contribution in [2.45, 2.75) is 25.6 Å². The van der Waals surface area contributed by atoms with Crippen molar-refractivity contribution in [3.63, 3.8) is 0 Å². The maximum absolute atomic E-state index is 12.7. The van der Waals surface area contributed by atoms with Crippen LogP contribution in [0.1, 0.15) is 51.9 Å². The zero-order chi connectivity index (χ0) is 20.0. The third kappa shape index (κ3) is 4.79. The van der Waals surface area contributed by atoms with Gasteiger partial charge in [-0.3, -0.25) is 14.9 Å². The Labute approximate surface area is 160 Å². The highest BCUT2D eigenvalue weighted by molar-refractivity contribution is 6.17. The summed E-state index contributed by atoms with van der Waals surface area (Å²) >= 11 is 5.82. The third-order valence-corrected chi connectivity index (χ3v) is 4.03. The first kappa shape index (κ1) is 20.3. The average Bonchev–Trinajstić information content (AvgIpc) is 2.67. The van der Waals surface area contributed by atoms with Crippen LogP contribution in [0.5, 0.6) is 0 Å². The number of unbranched alkanes of at least 4 members (excludes halogenated alkanes) is 1. The fourth-order valence-corrected chi connectivity index (χ4v) is 2.41. The minimum Gasteiger partial charge on any atom is -0.462 e. The summed E-state index contributed by atoms with van der Waals surface area (Å²) in [7, 11) is 0. The first-order chi connectivity index (χ1) is 12.9. The largest absolute Gasteiger partial charge is 0.462 e. The van der Waals surface area contributed by atoms with Gasteiger partial charge >= 0.3 is 5.97 Å². The van der Waals surface area contributed by atoms with E-state index in [0.717, 1.165) is 6.42 Å². The minimum absolute atomic E-state index is 0.0158. The van der Waals surface area contributed by atoms with Crippen LogP contribution in [0.15, 0.2) is 30.3 Å². The lowest BCUT2D eigenvalue weighted by atomic mass is 10.0. The van der Waals surface area contributed by atoms with Crippen LogP contribution < -0.4 is 5.73 Å². The van der Waals surface area contributed by atoms with Gasteiger partial charge in [0.25, 0.3) is 5.69 Å². The Morgan fingerprint density at radius 1 is 1.30 bits per heavy atom. The molecule has 2 aromatic rings. The molecule has 0 aliphatic rings. The van der Waals surface area contributed by atoms with E-state index in [2.05, 4.69) is 4.98 Å². The highest BCUT2D eigenvalue weighted by atomic mass is 35.5. The van der Waals surface area contributed by atoms with Crippen molar-refractivity contribution < 1.29 is 19.2 Å². The van der Waals surface area contributed by atoms with E-state index in [0.29, 0.717) is 12.1 Å². The van der Waals surface area contributed by atoms with Gasteiger partial charge in [-0.25, -0.2) is 9.78 Å². The number of aromatic nitrogens is 1. The molecule has 0 amide bonds. The number of pyridine rings is 1. The number of nitrogens with two attached hydrogens (primary N) is 1. The molecular weight excluding hydrogens is 374 g/mol. The fourth-order valence-electron chi connectivity index (χ4n) is 2.28. The second-order valence-electron chi connectivity index (χ2n) is 5.68. The highest BCUT2D eigenvalue weighted by Crippen LogP contribution is 2.23. The molecule has 2 rings (SSSR count). The summed E-state index contributed by atoms with van der Waals surface area (Å²) in [6, 6.07) is 6.40. The molecule has 0 radical (unpaired) electrons. The predicted octanol–water partition coefficient (Wildman–Crippen LogP) is 3.50. The molecule has 2 N–H and O–H groups in total. The number of ether oxygens (including phenoxy) is 1. The Kier molecular flexibility index (Phi) is 6.84. The molecule has 0 fully saturated rings. The number of anilines is 1. The molecule has 142 valence electrons. The van der Waals surface area contributed by atoms with E-state index in [1.165, 1.54) is 30.3 Å². The number of non-ortho nitro benzene ring substituents is 1. The number of nitrogen functional groups attached to an aromatic ring is 1. The van der Waals surface area contributed by atoms with Crippen molar-refractivity contribution in [3.05, 3.63) is 63.0 Å². The number of nitro groups is 1. The number of carbonyl (C=O) groups excluding carboxylic acids is 2. The molecular formula is C18H18ClN3O5. The monoisotopic (exact) mass is 391 g/mol. The molecule has 1 aromatic carbocycles. The zero-order valence-corrected chi connectivity index (χ0v) is 15.4. The van der Waals surface area contributed by atoms with Gasteiger partial charge in [-0.1, -0.05) is 13.3 Å². The smallest absolute Gasteiger partial charge is 0.340 e. The lowest BCUT2D eigenvalue weighted by molar-refractivity contribution is -0.384. The van der Waals surface area contributed by atoms with E-state index in [1.807, 2.05) is 6.92 Å². The molecule has 0 atom stereocenters. The van der Waals surface area contributed by atoms with Gasteiger partial charge in [-0.2, -0.15) is 0 Å². The van der Waals surface area contributed by atoms with Crippen LogP contribution in [0.3, 0.4) is 0 Å². The number of esters is 1. The summed E-state index contributed by atoms with van der Waals surface area (Å²) in [4.78, 5) is 39.3. The Bertz CT molecular complexity index is 868. The van der Waals surface area contributed by atoms with Gasteiger partial charge < -0.3 is 10.5 Å². The molecule has 0 unspecified atom stereocenters. The quantitative estimate of drug-likeness (QED) is 0.182. The van der Waals surface area contributed by atoms with E-state index in [1.54, 1.807) is 0 Å². The molecule has 1 aromatic heterocycles. The van der Waals surface area contributed by atoms with Crippen molar-refractivity contribution in [2.24, 2.45) is 0 Å². The van der Waals surface area contributed by atoms with E-state index < -0.39 is 16.7 Å². The second kappa shape index (κ2) is 9.09. The van der Waals surface area contributed by atoms with E-state index >= 15 is 0 Å². The number of nitro benzene ring substituents is 1. The molecule has 27 heavy (non-hydrogen) atoms. The normalized spacial score (nSPS) is 10.4. The third-order valence-electron chi connectivity index (χ3n) is 3.75. The van der Waals surface area contributed by atoms with Gasteiger partial charge in [0.1, 0.15) is 5.69 Å². The van der Waals surface area contributed by atoms with Crippen molar-refractivity contribution in [1.82, 2.24) is 4.98 Å². The number of benzene rings is 1. The van der Waals surface area contributed by atoms with Crippen LogP contribution in [-0.4, -0.2) is 28.3 Å². The van der Waals surface area contributed by atoms with Gasteiger partial charge in [0.05, 0.1) is 34.4 Å². The van der Waals surface area contributed by atoms with Crippen molar-refractivity contribution >= 4 is 34.7 Å². The van der Waals surface area contributed by atoms with Crippen LogP contribution in [-0.2, 0) is 10.6 Å². The Hall–Kier alpha value is -3.00. The van der Waals surface area contributed by atoms with Crippen LogP contribution in [0.25, 0.3) is 0 Å². The SMILES string of the molecule is CCCCOC(=O)c1cc(CCl)nc(C(=O)c2ccc([N+](=O)[O-])cc2)c1N. The topological polar surface area (TPSA) is 125 Å². The molecule has 1 heterocycles. The van der Waals surface area contributed by atoms with Crippen molar-refractivity contribution in [2.75, 3.05) is 12.3 Å². The first-order valence-corrected chi connectivity index (χ1v) is 8.74. The Morgan fingerprint density at radius 3 is 2.52 bits per heavy atom. The molecule has 0 saturated carbocycles. The lowest BCUT2D eigenvalue weighted by Crippen LogP contribution is -2.16. The van der Waals surface area contributed by atoms with E-state index in [4.69, 9.17) is 22.1 Å². The minimum atomic E-state index is -0.660. The lowest BCUT2D eigenvalue weighted by Gasteiger charge is -2.12. The van der Waals surface area contributed by atoms with Gasteiger partial charge in [0.2, 0.25) is 5.78 Å².